The number of thioether (sulfide) groups is 1. The molecule has 0 aliphatic carbocycles. The largest absolute Gasteiger partial charge is 0.325 e. The second-order valence-electron chi connectivity index (χ2n) is 5.40. The minimum Gasteiger partial charge on any atom is -0.325 e. The fourth-order valence-electron chi connectivity index (χ4n) is 2.29. The predicted molar refractivity (Wildman–Crippen MR) is 96.6 cm³/mol. The van der Waals surface area contributed by atoms with E-state index in [1.54, 1.807) is 6.33 Å². The van der Waals surface area contributed by atoms with Crippen LogP contribution in [-0.2, 0) is 4.79 Å². The minimum absolute atomic E-state index is 0.0590. The first-order valence-electron chi connectivity index (χ1n) is 7.59. The van der Waals surface area contributed by atoms with Gasteiger partial charge in [0.05, 0.1) is 5.75 Å². The fraction of sp³-hybridized carbons (Fsp3) is 0.167. The number of carbonyl (C=O) groups is 1. The van der Waals surface area contributed by atoms with Crippen LogP contribution in [0.3, 0.4) is 0 Å². The summed E-state index contributed by atoms with van der Waals surface area (Å²) in [4.78, 5) is 12.2. The predicted octanol–water partition coefficient (Wildman–Crippen LogP) is 3.61. The van der Waals surface area contributed by atoms with Crippen LogP contribution in [0, 0.1) is 13.8 Å². The summed E-state index contributed by atoms with van der Waals surface area (Å²) in [5, 5.41) is 11.7. The molecule has 2 aromatic carbocycles. The molecule has 5 nitrogen and oxygen atoms in total. The van der Waals surface area contributed by atoms with Gasteiger partial charge in [-0.2, -0.15) is 0 Å². The van der Waals surface area contributed by atoms with Crippen molar-refractivity contribution in [3.05, 3.63) is 66.0 Å². The van der Waals surface area contributed by atoms with Crippen LogP contribution < -0.4 is 5.32 Å². The first-order valence-corrected chi connectivity index (χ1v) is 8.58. The number of hydrogen-bond donors (Lipinski definition) is 1. The van der Waals surface area contributed by atoms with Crippen molar-refractivity contribution < 1.29 is 4.79 Å². The van der Waals surface area contributed by atoms with E-state index >= 15 is 0 Å². The Morgan fingerprint density at radius 1 is 1.12 bits per heavy atom. The number of para-hydroxylation sites is 1. The molecule has 0 fully saturated rings. The van der Waals surface area contributed by atoms with Crippen molar-refractivity contribution in [2.24, 2.45) is 0 Å². The van der Waals surface area contributed by atoms with E-state index in [9.17, 15) is 4.79 Å². The number of benzene rings is 2. The monoisotopic (exact) mass is 338 g/mol. The minimum atomic E-state index is -0.0590. The van der Waals surface area contributed by atoms with E-state index in [1.807, 2.05) is 66.9 Å². The van der Waals surface area contributed by atoms with Crippen LogP contribution in [0.5, 0.6) is 0 Å². The van der Waals surface area contributed by atoms with Gasteiger partial charge in [-0.3, -0.25) is 9.36 Å². The Balaban J connectivity index is 1.65. The molecule has 0 unspecified atom stereocenters. The zero-order chi connectivity index (χ0) is 16.9. The highest BCUT2D eigenvalue weighted by Crippen LogP contribution is 2.21. The molecule has 0 bridgehead atoms. The number of aromatic nitrogens is 3. The summed E-state index contributed by atoms with van der Waals surface area (Å²) >= 11 is 1.36. The molecular weight excluding hydrogens is 320 g/mol. The van der Waals surface area contributed by atoms with E-state index in [-0.39, 0.29) is 11.7 Å². The topological polar surface area (TPSA) is 59.8 Å². The summed E-state index contributed by atoms with van der Waals surface area (Å²) in [5.41, 5.74) is 4.07. The average Bonchev–Trinajstić information content (AvgIpc) is 3.06. The lowest BCUT2D eigenvalue weighted by Gasteiger charge is -2.10. The summed E-state index contributed by atoms with van der Waals surface area (Å²) in [6.07, 6.45) is 1.65. The van der Waals surface area contributed by atoms with Crippen molar-refractivity contribution >= 4 is 23.4 Å². The molecule has 0 spiro atoms. The molecule has 1 heterocycles. The number of rotatable bonds is 5. The summed E-state index contributed by atoms with van der Waals surface area (Å²) in [6.45, 7) is 4.03. The number of nitrogens with one attached hydrogen (secondary N) is 1. The number of nitrogens with zero attached hydrogens (tertiary/aromatic N) is 3. The normalized spacial score (nSPS) is 10.6. The van der Waals surface area contributed by atoms with Crippen LogP contribution in [0.4, 0.5) is 5.69 Å². The van der Waals surface area contributed by atoms with Gasteiger partial charge in [0, 0.05) is 11.4 Å². The highest BCUT2D eigenvalue weighted by atomic mass is 32.2. The molecule has 0 aliphatic heterocycles. The van der Waals surface area contributed by atoms with Gasteiger partial charge in [0.1, 0.15) is 6.33 Å². The zero-order valence-corrected chi connectivity index (χ0v) is 14.4. The van der Waals surface area contributed by atoms with Gasteiger partial charge in [-0.05, 0) is 43.2 Å². The van der Waals surface area contributed by atoms with E-state index in [1.165, 1.54) is 11.8 Å². The van der Waals surface area contributed by atoms with Gasteiger partial charge in [-0.1, -0.05) is 42.1 Å². The smallest absolute Gasteiger partial charge is 0.234 e. The van der Waals surface area contributed by atoms with Gasteiger partial charge in [0.2, 0.25) is 5.91 Å². The molecule has 0 radical (unpaired) electrons. The van der Waals surface area contributed by atoms with Crippen LogP contribution in [-0.4, -0.2) is 26.4 Å². The highest BCUT2D eigenvalue weighted by Gasteiger charge is 2.11. The van der Waals surface area contributed by atoms with Crippen molar-refractivity contribution in [2.45, 2.75) is 19.0 Å². The Bertz CT molecular complexity index is 845. The number of anilines is 1. The molecular formula is C18H18N4OS. The molecule has 6 heteroatoms. The number of aryl methyl sites for hydroxylation is 1. The maximum Gasteiger partial charge on any atom is 0.234 e. The standard InChI is InChI=1S/C18H18N4OS/c1-13-7-6-10-16(14(13)2)20-17(23)11-24-18-21-19-12-22(18)15-8-4-3-5-9-15/h3-10,12H,11H2,1-2H3,(H,20,23). The SMILES string of the molecule is Cc1cccc(NC(=O)CSc2nncn2-c2ccccc2)c1C. The molecule has 3 aromatic rings. The molecule has 0 aliphatic rings. The maximum atomic E-state index is 12.2. The summed E-state index contributed by atoms with van der Waals surface area (Å²) in [5.74, 6) is 0.218. The Morgan fingerprint density at radius 2 is 1.92 bits per heavy atom. The van der Waals surface area contributed by atoms with Gasteiger partial charge in [-0.25, -0.2) is 0 Å². The highest BCUT2D eigenvalue weighted by molar-refractivity contribution is 7.99. The second-order valence-corrected chi connectivity index (χ2v) is 6.35. The summed E-state index contributed by atoms with van der Waals surface area (Å²) in [6, 6.07) is 15.7. The molecule has 24 heavy (non-hydrogen) atoms. The molecule has 1 aromatic heterocycles. The second kappa shape index (κ2) is 7.31. The van der Waals surface area contributed by atoms with Gasteiger partial charge in [0.15, 0.2) is 5.16 Å². The van der Waals surface area contributed by atoms with E-state index in [4.69, 9.17) is 0 Å². The average molecular weight is 338 g/mol. The molecule has 1 amide bonds. The zero-order valence-electron chi connectivity index (χ0n) is 13.6. The van der Waals surface area contributed by atoms with Crippen LogP contribution in [0.2, 0.25) is 0 Å². The van der Waals surface area contributed by atoms with Crippen LogP contribution in [0.15, 0.2) is 60.0 Å². The van der Waals surface area contributed by atoms with Crippen molar-refractivity contribution in [3.63, 3.8) is 0 Å². The third-order valence-corrected chi connectivity index (χ3v) is 4.70. The third-order valence-electron chi connectivity index (χ3n) is 3.76. The Morgan fingerprint density at radius 3 is 2.71 bits per heavy atom. The molecule has 0 saturated heterocycles. The molecule has 0 atom stereocenters. The van der Waals surface area contributed by atoms with Crippen LogP contribution in [0.1, 0.15) is 11.1 Å². The number of amides is 1. The maximum absolute atomic E-state index is 12.2. The lowest BCUT2D eigenvalue weighted by Crippen LogP contribution is -2.15. The first-order chi connectivity index (χ1) is 11.6. The van der Waals surface area contributed by atoms with Crippen LogP contribution >= 0.6 is 11.8 Å². The third kappa shape index (κ3) is 3.65. The molecule has 3 rings (SSSR count). The summed E-state index contributed by atoms with van der Waals surface area (Å²) in [7, 11) is 0. The van der Waals surface area contributed by atoms with E-state index < -0.39 is 0 Å². The van der Waals surface area contributed by atoms with Gasteiger partial charge < -0.3 is 5.32 Å². The van der Waals surface area contributed by atoms with Gasteiger partial charge in [0.25, 0.3) is 0 Å². The van der Waals surface area contributed by atoms with Crippen molar-refractivity contribution in [1.82, 2.24) is 14.8 Å². The first kappa shape index (κ1) is 16.3. The quantitative estimate of drug-likeness (QED) is 0.722. The Hall–Kier alpha value is -2.60. The molecule has 122 valence electrons. The molecule has 0 saturated carbocycles. The lowest BCUT2D eigenvalue weighted by molar-refractivity contribution is -0.113. The Kier molecular flexibility index (Phi) is 4.96. The summed E-state index contributed by atoms with van der Waals surface area (Å²) < 4.78 is 1.87. The van der Waals surface area contributed by atoms with Crippen LogP contribution in [0.25, 0.3) is 5.69 Å². The van der Waals surface area contributed by atoms with Crippen molar-refractivity contribution in [1.29, 1.82) is 0 Å². The lowest BCUT2D eigenvalue weighted by atomic mass is 10.1. The fourth-order valence-corrected chi connectivity index (χ4v) is 3.02. The van der Waals surface area contributed by atoms with Gasteiger partial charge in [-0.15, -0.1) is 10.2 Å². The van der Waals surface area contributed by atoms with E-state index in [2.05, 4.69) is 15.5 Å². The van der Waals surface area contributed by atoms with E-state index in [0.717, 1.165) is 22.5 Å². The number of hydrogen-bond acceptors (Lipinski definition) is 4. The Labute approximate surface area is 145 Å². The van der Waals surface area contributed by atoms with Crippen molar-refractivity contribution in [2.75, 3.05) is 11.1 Å². The van der Waals surface area contributed by atoms with Gasteiger partial charge >= 0.3 is 0 Å². The number of carbonyl (C=O) groups excluding carboxylic acids is 1. The van der Waals surface area contributed by atoms with E-state index in [0.29, 0.717) is 5.16 Å². The van der Waals surface area contributed by atoms with Crippen molar-refractivity contribution in [3.8, 4) is 5.69 Å². The molecule has 1 N–H and O–H groups in total.